The molecule has 0 amide bonds. The first-order valence-electron chi connectivity index (χ1n) is 9.98. The second-order valence-electron chi connectivity index (χ2n) is 8.87. The van der Waals surface area contributed by atoms with Crippen molar-refractivity contribution >= 4 is 17.3 Å². The Bertz CT molecular complexity index is 928. The Morgan fingerprint density at radius 1 is 1.11 bits per heavy atom. The molecule has 0 radical (unpaired) electrons. The molecule has 4 aliphatic carbocycles. The van der Waals surface area contributed by atoms with Crippen LogP contribution in [0.4, 0.5) is 11.4 Å². The van der Waals surface area contributed by atoms with E-state index in [2.05, 4.69) is 10.3 Å². The highest BCUT2D eigenvalue weighted by Gasteiger charge is 2.54. The molecular weight excluding hydrogens is 354 g/mol. The highest BCUT2D eigenvalue weighted by Crippen LogP contribution is 2.56. The summed E-state index contributed by atoms with van der Waals surface area (Å²) in [7, 11) is 0. The van der Waals surface area contributed by atoms with Gasteiger partial charge in [-0.15, -0.1) is 0 Å². The summed E-state index contributed by atoms with van der Waals surface area (Å²) < 4.78 is 0. The van der Waals surface area contributed by atoms with Gasteiger partial charge in [0.2, 0.25) is 0 Å². The zero-order chi connectivity index (χ0) is 19.5. The Labute approximate surface area is 163 Å². The summed E-state index contributed by atoms with van der Waals surface area (Å²) in [5, 5.41) is 24.2. The van der Waals surface area contributed by atoms with E-state index >= 15 is 0 Å². The predicted octanol–water partition coefficient (Wildman–Crippen LogP) is 3.38. The normalized spacial score (nSPS) is 33.0. The van der Waals surface area contributed by atoms with Crippen molar-refractivity contribution in [2.45, 2.75) is 43.7 Å². The molecule has 0 aliphatic heterocycles. The second-order valence-corrected chi connectivity index (χ2v) is 8.87. The number of hydrogen-bond donors (Lipinski definition) is 4. The van der Waals surface area contributed by atoms with Crippen LogP contribution < -0.4 is 11.1 Å². The van der Waals surface area contributed by atoms with Gasteiger partial charge >= 0.3 is 5.97 Å². The minimum absolute atomic E-state index is 0.160. The average Bonchev–Trinajstić information content (AvgIpc) is 2.63. The zero-order valence-corrected chi connectivity index (χ0v) is 15.6. The first-order valence-corrected chi connectivity index (χ1v) is 9.98. The third kappa shape index (κ3) is 2.75. The number of anilines is 2. The maximum absolute atomic E-state index is 11.9. The fourth-order valence-electron chi connectivity index (χ4n) is 6.11. The van der Waals surface area contributed by atoms with Gasteiger partial charge in [-0.3, -0.25) is 4.98 Å². The van der Waals surface area contributed by atoms with Gasteiger partial charge in [-0.25, -0.2) is 4.79 Å². The number of carbonyl (C=O) groups is 1. The van der Waals surface area contributed by atoms with Crippen LogP contribution in [0.25, 0.3) is 11.1 Å². The van der Waals surface area contributed by atoms with E-state index in [-0.39, 0.29) is 11.6 Å². The Morgan fingerprint density at radius 2 is 1.82 bits per heavy atom. The molecule has 0 unspecified atom stereocenters. The molecule has 0 spiro atoms. The smallest absolute Gasteiger partial charge is 0.339 e. The first kappa shape index (κ1) is 17.5. The van der Waals surface area contributed by atoms with Crippen molar-refractivity contribution in [1.29, 1.82) is 0 Å². The number of rotatable bonds is 4. The van der Waals surface area contributed by atoms with Crippen molar-refractivity contribution in [3.8, 4) is 11.1 Å². The summed E-state index contributed by atoms with van der Waals surface area (Å²) in [5.74, 6) is 0.328. The molecule has 1 aromatic carbocycles. The molecule has 6 rings (SSSR count). The standard InChI is InChI=1S/C22H25N3O3/c23-18-4-2-1-3-15(18)16-10-24-11-17(21(26)27)20(16)25-19-13-5-12-6-14(19)9-22(28,7-12)8-13/h1-4,10-14,19,28H,5-9,23H2,(H,24,25)(H,26,27)/t12-,13+,14-,19-,22+. The number of pyridine rings is 1. The van der Waals surface area contributed by atoms with Crippen molar-refractivity contribution in [3.05, 3.63) is 42.2 Å². The van der Waals surface area contributed by atoms with E-state index in [0.29, 0.717) is 34.7 Å². The molecule has 6 nitrogen and oxygen atoms in total. The average molecular weight is 379 g/mol. The van der Waals surface area contributed by atoms with Gasteiger partial charge in [0.05, 0.1) is 11.3 Å². The van der Waals surface area contributed by atoms with Crippen LogP contribution in [0.3, 0.4) is 0 Å². The van der Waals surface area contributed by atoms with Crippen LogP contribution in [-0.4, -0.2) is 32.8 Å². The molecule has 4 saturated carbocycles. The number of hydrogen-bond acceptors (Lipinski definition) is 5. The van der Waals surface area contributed by atoms with Gasteiger partial charge in [0.25, 0.3) is 0 Å². The van der Waals surface area contributed by atoms with Crippen molar-refractivity contribution < 1.29 is 15.0 Å². The van der Waals surface area contributed by atoms with E-state index in [1.54, 1.807) is 6.20 Å². The second kappa shape index (κ2) is 6.21. The van der Waals surface area contributed by atoms with Crippen molar-refractivity contribution in [2.75, 3.05) is 11.1 Å². The Morgan fingerprint density at radius 3 is 2.46 bits per heavy atom. The van der Waals surface area contributed by atoms with Gasteiger partial charge in [0, 0.05) is 35.2 Å². The van der Waals surface area contributed by atoms with Crippen LogP contribution in [0.1, 0.15) is 42.5 Å². The maximum atomic E-state index is 11.9. The highest BCUT2D eigenvalue weighted by atomic mass is 16.4. The topological polar surface area (TPSA) is 108 Å². The quantitative estimate of drug-likeness (QED) is 0.607. The molecule has 1 aromatic heterocycles. The van der Waals surface area contributed by atoms with E-state index in [1.807, 2.05) is 24.3 Å². The number of nitrogens with two attached hydrogens (primary N) is 1. The van der Waals surface area contributed by atoms with E-state index in [1.165, 1.54) is 6.20 Å². The lowest BCUT2D eigenvalue weighted by Gasteiger charge is -2.58. The summed E-state index contributed by atoms with van der Waals surface area (Å²) in [5.41, 5.74) is 8.49. The van der Waals surface area contributed by atoms with Gasteiger partial charge in [-0.1, -0.05) is 18.2 Å². The molecule has 5 N–H and O–H groups in total. The van der Waals surface area contributed by atoms with Crippen LogP contribution in [0, 0.1) is 17.8 Å². The first-order chi connectivity index (χ1) is 13.4. The molecule has 0 saturated heterocycles. The number of benzene rings is 1. The number of para-hydroxylation sites is 1. The summed E-state index contributed by atoms with van der Waals surface area (Å²) in [6.45, 7) is 0. The van der Waals surface area contributed by atoms with Crippen molar-refractivity contribution in [3.63, 3.8) is 0 Å². The molecule has 4 fully saturated rings. The minimum atomic E-state index is -1.01. The molecule has 2 aromatic rings. The molecule has 5 atom stereocenters. The Kier molecular flexibility index (Phi) is 3.88. The van der Waals surface area contributed by atoms with E-state index in [9.17, 15) is 15.0 Å². The number of aromatic carboxylic acids is 1. The van der Waals surface area contributed by atoms with E-state index in [0.717, 1.165) is 37.7 Å². The number of nitrogen functional groups attached to an aromatic ring is 1. The third-order valence-electron chi connectivity index (χ3n) is 6.98. The number of nitrogens with zero attached hydrogens (tertiary/aromatic N) is 1. The number of carboxylic acids is 1. The van der Waals surface area contributed by atoms with Crippen LogP contribution in [0.5, 0.6) is 0 Å². The van der Waals surface area contributed by atoms with Gasteiger partial charge in [-0.2, -0.15) is 0 Å². The predicted molar refractivity (Wildman–Crippen MR) is 107 cm³/mol. The van der Waals surface area contributed by atoms with Gasteiger partial charge < -0.3 is 21.3 Å². The number of aliphatic hydroxyl groups is 1. The largest absolute Gasteiger partial charge is 0.478 e. The maximum Gasteiger partial charge on any atom is 0.339 e. The Hall–Kier alpha value is -2.60. The minimum Gasteiger partial charge on any atom is -0.478 e. The number of aromatic nitrogens is 1. The Balaban J connectivity index is 1.56. The summed E-state index contributed by atoms with van der Waals surface area (Å²) >= 11 is 0. The monoisotopic (exact) mass is 379 g/mol. The fourth-order valence-corrected chi connectivity index (χ4v) is 6.11. The number of nitrogens with one attached hydrogen (secondary N) is 1. The summed E-state index contributed by atoms with van der Waals surface area (Å²) in [6, 6.07) is 7.62. The molecule has 28 heavy (non-hydrogen) atoms. The lowest BCUT2D eigenvalue weighted by molar-refractivity contribution is -0.129. The lowest BCUT2D eigenvalue weighted by atomic mass is 9.52. The van der Waals surface area contributed by atoms with Gasteiger partial charge in [0.15, 0.2) is 0 Å². The van der Waals surface area contributed by atoms with Crippen LogP contribution in [-0.2, 0) is 0 Å². The third-order valence-corrected chi connectivity index (χ3v) is 6.98. The van der Waals surface area contributed by atoms with Gasteiger partial charge in [-0.05, 0) is 55.9 Å². The lowest BCUT2D eigenvalue weighted by Crippen LogP contribution is -2.59. The van der Waals surface area contributed by atoms with Crippen molar-refractivity contribution in [2.24, 2.45) is 17.8 Å². The summed E-state index contributed by atoms with van der Waals surface area (Å²) in [4.78, 5) is 16.1. The molecule has 4 bridgehead atoms. The van der Waals surface area contributed by atoms with Crippen LogP contribution in [0.2, 0.25) is 0 Å². The van der Waals surface area contributed by atoms with E-state index < -0.39 is 11.6 Å². The molecule has 1 heterocycles. The summed E-state index contributed by atoms with van der Waals surface area (Å²) in [6.07, 6.45) is 7.82. The molecule has 146 valence electrons. The molecule has 6 heteroatoms. The van der Waals surface area contributed by atoms with Crippen molar-refractivity contribution in [1.82, 2.24) is 4.98 Å². The van der Waals surface area contributed by atoms with E-state index in [4.69, 9.17) is 5.73 Å². The SMILES string of the molecule is Nc1ccccc1-c1cncc(C(=O)O)c1N[C@H]1[C@@H]2C[C@H]3C[C@H]1C[C@@](O)(C3)C2. The molecule has 4 aliphatic rings. The van der Waals surface area contributed by atoms with Crippen LogP contribution in [0.15, 0.2) is 36.7 Å². The fraction of sp³-hybridized carbons (Fsp3) is 0.455. The zero-order valence-electron chi connectivity index (χ0n) is 15.6. The van der Waals surface area contributed by atoms with Crippen LogP contribution >= 0.6 is 0 Å². The number of carboxylic acid groups (broad SMARTS) is 1. The van der Waals surface area contributed by atoms with Gasteiger partial charge in [0.1, 0.15) is 5.56 Å². The molecular formula is C22H25N3O3. The highest BCUT2D eigenvalue weighted by molar-refractivity contribution is 6.00.